The van der Waals surface area contributed by atoms with Gasteiger partial charge in [-0.05, 0) is 19.9 Å². The molecule has 1 aliphatic heterocycles. The summed E-state index contributed by atoms with van der Waals surface area (Å²) < 4.78 is 13.5. The Morgan fingerprint density at radius 1 is 1.69 bits per heavy atom. The lowest BCUT2D eigenvalue weighted by molar-refractivity contribution is -0.130. The van der Waals surface area contributed by atoms with Crippen molar-refractivity contribution in [2.45, 2.75) is 25.7 Å². The van der Waals surface area contributed by atoms with Gasteiger partial charge in [0.2, 0.25) is 11.7 Å². The molecule has 0 unspecified atom stereocenters. The fraction of sp³-hybridized carbons (Fsp3) is 0.667. The van der Waals surface area contributed by atoms with Crippen LogP contribution in [0.5, 0.6) is 0 Å². The minimum absolute atomic E-state index is 0.268. The van der Waals surface area contributed by atoms with Gasteiger partial charge >= 0.3 is 0 Å². The van der Waals surface area contributed by atoms with Crippen LogP contribution in [-0.4, -0.2) is 35.7 Å². The van der Waals surface area contributed by atoms with Crippen molar-refractivity contribution >= 4 is 5.91 Å². The number of alkyl halides is 1. The highest BCUT2D eigenvalue weighted by molar-refractivity contribution is 5.87. The van der Waals surface area contributed by atoms with E-state index >= 15 is 0 Å². The average Bonchev–Trinajstić information content (AvgIpc) is 1.99. The molecule has 0 saturated carbocycles. The largest absolute Gasteiger partial charge is 0.318 e. The summed E-state index contributed by atoms with van der Waals surface area (Å²) in [6.07, 6.45) is 1.08. The van der Waals surface area contributed by atoms with Crippen LogP contribution in [0.25, 0.3) is 0 Å². The van der Waals surface area contributed by atoms with Crippen molar-refractivity contribution in [2.24, 2.45) is 0 Å². The molecule has 1 aliphatic rings. The van der Waals surface area contributed by atoms with Crippen LogP contribution >= 0.6 is 0 Å². The molecule has 0 atom stereocenters. The van der Waals surface area contributed by atoms with Crippen LogP contribution in [0.4, 0.5) is 4.39 Å². The minimum Gasteiger partial charge on any atom is -0.318 e. The predicted octanol–water partition coefficient (Wildman–Crippen LogP) is 0.678. The third kappa shape index (κ3) is 2.28. The summed E-state index contributed by atoms with van der Waals surface area (Å²) in [6, 6.07) is 0.324. The number of amides is 1. The molecule has 1 heterocycles. The summed E-state index contributed by atoms with van der Waals surface area (Å²) in [4.78, 5) is 12.8. The molecule has 0 radical (unpaired) electrons. The fourth-order valence-electron chi connectivity index (χ4n) is 1.31. The van der Waals surface area contributed by atoms with Gasteiger partial charge in [0.1, 0.15) is 0 Å². The second-order valence-corrected chi connectivity index (χ2v) is 3.66. The fourth-order valence-corrected chi connectivity index (χ4v) is 1.31. The molecule has 0 aromatic rings. The van der Waals surface area contributed by atoms with E-state index in [4.69, 9.17) is 0 Å². The monoisotopic (exact) mass is 186 g/mol. The molecule has 0 spiro atoms. The van der Waals surface area contributed by atoms with Gasteiger partial charge in [-0.15, -0.1) is 0 Å². The Balaban J connectivity index is 2.38. The lowest BCUT2D eigenvalue weighted by Crippen LogP contribution is -2.68. The van der Waals surface area contributed by atoms with Gasteiger partial charge in [0.25, 0.3) is 0 Å². The Hall–Kier alpha value is -0.900. The van der Waals surface area contributed by atoms with Gasteiger partial charge < -0.3 is 5.32 Å². The van der Waals surface area contributed by atoms with Crippen molar-refractivity contribution in [3.63, 3.8) is 0 Å². The van der Waals surface area contributed by atoms with Crippen LogP contribution in [0.3, 0.4) is 0 Å². The van der Waals surface area contributed by atoms with Gasteiger partial charge in [0.05, 0.1) is 13.1 Å². The Morgan fingerprint density at radius 3 is 2.62 bits per heavy atom. The standard InChI is InChI=1S/C9H15FN2O/c1-4-8(13)11-9(10)5-12(6-9)7(2)3/h4,7H,1,5-6H2,2-3H3,(H,11,13). The van der Waals surface area contributed by atoms with Gasteiger partial charge in [-0.25, -0.2) is 4.39 Å². The Kier molecular flexibility index (Phi) is 2.71. The molecule has 1 amide bonds. The molecule has 0 aliphatic carbocycles. The zero-order chi connectivity index (χ0) is 10.1. The number of carbonyl (C=O) groups excluding carboxylic acids is 1. The van der Waals surface area contributed by atoms with Crippen molar-refractivity contribution in [1.29, 1.82) is 0 Å². The van der Waals surface area contributed by atoms with E-state index in [9.17, 15) is 9.18 Å². The molecule has 1 saturated heterocycles. The third-order valence-corrected chi connectivity index (χ3v) is 2.17. The molecule has 13 heavy (non-hydrogen) atoms. The van der Waals surface area contributed by atoms with Gasteiger partial charge in [-0.3, -0.25) is 9.69 Å². The number of nitrogens with one attached hydrogen (secondary N) is 1. The van der Waals surface area contributed by atoms with Crippen LogP contribution in [0, 0.1) is 0 Å². The number of halogens is 1. The van der Waals surface area contributed by atoms with Crippen LogP contribution in [0.2, 0.25) is 0 Å². The minimum atomic E-state index is -1.55. The second kappa shape index (κ2) is 3.46. The molecule has 0 aromatic heterocycles. The van der Waals surface area contributed by atoms with Crippen molar-refractivity contribution in [3.05, 3.63) is 12.7 Å². The molecule has 0 bridgehead atoms. The molecule has 3 nitrogen and oxygen atoms in total. The molecular formula is C9H15FN2O. The Bertz CT molecular complexity index is 222. The lowest BCUT2D eigenvalue weighted by atomic mass is 10.0. The van der Waals surface area contributed by atoms with Crippen molar-refractivity contribution in [2.75, 3.05) is 13.1 Å². The van der Waals surface area contributed by atoms with E-state index in [1.807, 2.05) is 18.7 Å². The zero-order valence-electron chi connectivity index (χ0n) is 8.01. The van der Waals surface area contributed by atoms with Gasteiger partial charge in [-0.2, -0.15) is 0 Å². The van der Waals surface area contributed by atoms with Gasteiger partial charge in [0.15, 0.2) is 0 Å². The maximum Gasteiger partial charge on any atom is 0.245 e. The van der Waals surface area contributed by atoms with Crippen LogP contribution in [-0.2, 0) is 4.79 Å². The maximum absolute atomic E-state index is 13.5. The van der Waals surface area contributed by atoms with Crippen LogP contribution < -0.4 is 5.32 Å². The molecule has 1 N–H and O–H groups in total. The number of rotatable bonds is 3. The van der Waals surface area contributed by atoms with E-state index < -0.39 is 11.7 Å². The van der Waals surface area contributed by atoms with Crippen LogP contribution in [0.1, 0.15) is 13.8 Å². The quantitative estimate of drug-likeness (QED) is 0.519. The molecule has 74 valence electrons. The summed E-state index contributed by atoms with van der Waals surface area (Å²) in [6.45, 7) is 7.79. The van der Waals surface area contributed by atoms with Crippen molar-refractivity contribution < 1.29 is 9.18 Å². The molecule has 4 heteroatoms. The molecule has 1 fully saturated rings. The summed E-state index contributed by atoms with van der Waals surface area (Å²) in [5.74, 6) is -2.00. The number of nitrogens with zero attached hydrogens (tertiary/aromatic N) is 1. The van der Waals surface area contributed by atoms with E-state index in [1.54, 1.807) is 0 Å². The maximum atomic E-state index is 13.5. The summed E-state index contributed by atoms with van der Waals surface area (Å²) in [5, 5.41) is 2.26. The van der Waals surface area contributed by atoms with Crippen molar-refractivity contribution in [3.8, 4) is 0 Å². The zero-order valence-corrected chi connectivity index (χ0v) is 8.01. The lowest BCUT2D eigenvalue weighted by Gasteiger charge is -2.46. The number of likely N-dealkylation sites (tertiary alicyclic amines) is 1. The second-order valence-electron chi connectivity index (χ2n) is 3.66. The van der Waals surface area contributed by atoms with E-state index in [2.05, 4.69) is 11.9 Å². The number of hydrogen-bond donors (Lipinski definition) is 1. The Morgan fingerprint density at radius 2 is 2.23 bits per heavy atom. The van der Waals surface area contributed by atoms with Gasteiger partial charge in [0, 0.05) is 6.04 Å². The normalized spacial score (nSPS) is 20.9. The van der Waals surface area contributed by atoms with E-state index in [0.717, 1.165) is 6.08 Å². The predicted molar refractivity (Wildman–Crippen MR) is 48.9 cm³/mol. The molecule has 0 aromatic carbocycles. The van der Waals surface area contributed by atoms with Crippen molar-refractivity contribution in [1.82, 2.24) is 10.2 Å². The van der Waals surface area contributed by atoms with Crippen LogP contribution in [0.15, 0.2) is 12.7 Å². The molecular weight excluding hydrogens is 171 g/mol. The first-order valence-electron chi connectivity index (χ1n) is 4.34. The molecule has 1 rings (SSSR count). The smallest absolute Gasteiger partial charge is 0.245 e. The highest BCUT2D eigenvalue weighted by atomic mass is 19.1. The average molecular weight is 186 g/mol. The first kappa shape index (κ1) is 10.2. The first-order valence-corrected chi connectivity index (χ1v) is 4.34. The number of carbonyl (C=O) groups is 1. The van der Waals surface area contributed by atoms with E-state index in [-0.39, 0.29) is 13.1 Å². The third-order valence-electron chi connectivity index (χ3n) is 2.17. The summed E-state index contributed by atoms with van der Waals surface area (Å²) in [7, 11) is 0. The summed E-state index contributed by atoms with van der Waals surface area (Å²) >= 11 is 0. The number of hydrogen-bond acceptors (Lipinski definition) is 2. The van der Waals surface area contributed by atoms with E-state index in [0.29, 0.717) is 6.04 Å². The van der Waals surface area contributed by atoms with E-state index in [1.165, 1.54) is 0 Å². The summed E-state index contributed by atoms with van der Waals surface area (Å²) in [5.41, 5.74) is 0. The SMILES string of the molecule is C=CC(=O)NC1(F)CN(C(C)C)C1. The van der Waals surface area contributed by atoms with Gasteiger partial charge in [-0.1, -0.05) is 6.58 Å². The highest BCUT2D eigenvalue weighted by Gasteiger charge is 2.45. The Labute approximate surface area is 77.6 Å². The topological polar surface area (TPSA) is 32.3 Å². The first-order chi connectivity index (χ1) is 5.97. The highest BCUT2D eigenvalue weighted by Crippen LogP contribution is 2.24.